The average molecular weight is 404 g/mol. The Morgan fingerprint density at radius 3 is 2.00 bits per heavy atom. The topological polar surface area (TPSA) is 3.24 Å². The van der Waals surface area contributed by atoms with Crippen molar-refractivity contribution in [3.05, 3.63) is 96.6 Å². The van der Waals surface area contributed by atoms with Gasteiger partial charge in [0.15, 0.2) is 0 Å². The summed E-state index contributed by atoms with van der Waals surface area (Å²) in [7, 11) is 2.18. The monoisotopic (exact) mass is 403 g/mol. The maximum absolute atomic E-state index is 4.19. The van der Waals surface area contributed by atoms with E-state index >= 15 is 0 Å². The fraction of sp³-hybridized carbons (Fsp3) is 0.200. The number of benzene rings is 3. The zero-order valence-corrected chi connectivity index (χ0v) is 18.3. The quantitative estimate of drug-likeness (QED) is 0.399. The maximum Gasteiger partial charge on any atom is 0.0494 e. The van der Waals surface area contributed by atoms with Crippen molar-refractivity contribution in [3.63, 3.8) is 0 Å². The molecule has 1 heterocycles. The molecule has 5 rings (SSSR count). The van der Waals surface area contributed by atoms with Gasteiger partial charge in [-0.1, -0.05) is 68.5 Å². The van der Waals surface area contributed by atoms with E-state index in [1.54, 1.807) is 0 Å². The average Bonchev–Trinajstić information content (AvgIpc) is 3.34. The molecule has 0 unspecified atom stereocenters. The van der Waals surface area contributed by atoms with Crippen molar-refractivity contribution in [2.24, 2.45) is 0 Å². The van der Waals surface area contributed by atoms with E-state index in [0.29, 0.717) is 5.92 Å². The van der Waals surface area contributed by atoms with Crippen LogP contribution >= 0.6 is 0 Å². The van der Waals surface area contributed by atoms with Crippen LogP contribution in [0.5, 0.6) is 0 Å². The van der Waals surface area contributed by atoms with Gasteiger partial charge in [-0.05, 0) is 70.5 Å². The number of hydrogen-bond donors (Lipinski definition) is 0. The molecule has 0 radical (unpaired) electrons. The molecular formula is C30H29N. The van der Waals surface area contributed by atoms with E-state index in [4.69, 9.17) is 0 Å². The third kappa shape index (κ3) is 3.49. The molecule has 31 heavy (non-hydrogen) atoms. The second kappa shape index (κ2) is 8.70. The molecule has 0 aromatic heterocycles. The summed E-state index contributed by atoms with van der Waals surface area (Å²) in [6.07, 6.45) is 17.3. The molecule has 1 saturated carbocycles. The number of terminal acetylenes is 1. The molecular weight excluding hydrogens is 374 g/mol. The zero-order chi connectivity index (χ0) is 22.0. The second-order valence-corrected chi connectivity index (χ2v) is 8.27. The number of rotatable bonds is 3. The maximum atomic E-state index is 4.19. The van der Waals surface area contributed by atoms with Crippen molar-refractivity contribution in [1.82, 2.24) is 0 Å². The lowest BCUT2D eigenvalue weighted by atomic mass is 9.90. The van der Waals surface area contributed by atoms with Crippen molar-refractivity contribution in [2.45, 2.75) is 31.6 Å². The summed E-state index contributed by atoms with van der Waals surface area (Å²) in [5.74, 6) is 0.692. The van der Waals surface area contributed by atoms with Crippen LogP contribution in [0.2, 0.25) is 0 Å². The number of anilines is 2. The highest BCUT2D eigenvalue weighted by Crippen LogP contribution is 2.46. The van der Waals surface area contributed by atoms with E-state index in [2.05, 4.69) is 92.5 Å². The zero-order valence-electron chi connectivity index (χ0n) is 18.3. The van der Waals surface area contributed by atoms with Crippen molar-refractivity contribution in [2.75, 3.05) is 11.9 Å². The first kappa shape index (κ1) is 20.8. The van der Waals surface area contributed by atoms with Gasteiger partial charge in [-0.3, -0.25) is 0 Å². The highest BCUT2D eigenvalue weighted by molar-refractivity contribution is 6.09. The minimum Gasteiger partial charge on any atom is -0.344 e. The van der Waals surface area contributed by atoms with E-state index in [9.17, 15) is 0 Å². The smallest absolute Gasteiger partial charge is 0.0494 e. The first-order valence-electron chi connectivity index (χ1n) is 10.9. The van der Waals surface area contributed by atoms with E-state index in [1.165, 1.54) is 70.1 Å². The fourth-order valence-corrected chi connectivity index (χ4v) is 5.16. The summed E-state index contributed by atoms with van der Waals surface area (Å²) in [6.45, 7) is 8.36. The molecule has 0 N–H and O–H groups in total. The Morgan fingerprint density at radius 2 is 1.39 bits per heavy atom. The third-order valence-electron chi connectivity index (χ3n) is 6.71. The Morgan fingerprint density at radius 1 is 0.806 bits per heavy atom. The molecule has 3 aromatic rings. The molecule has 1 fully saturated rings. The standard InChI is InChI=1S/C28H27N.C2H2/c1-4-23-24(5-2)26-16-20-12-8-9-13-21(20)18-28(26)29(3)27-15-14-22(17-25(23)27)19-10-6-7-11-19;1-2/h4-5,8-9,12-19H,1-2,6-7,10-11H2,3H3;1-2H. The van der Waals surface area contributed by atoms with Crippen LogP contribution in [0.4, 0.5) is 11.4 Å². The predicted molar refractivity (Wildman–Crippen MR) is 137 cm³/mol. The summed E-state index contributed by atoms with van der Waals surface area (Å²) in [6, 6.07) is 20.2. The lowest BCUT2D eigenvalue weighted by Crippen LogP contribution is -2.12. The lowest BCUT2D eigenvalue weighted by molar-refractivity contribution is 0.723. The summed E-state index contributed by atoms with van der Waals surface area (Å²) >= 11 is 0. The normalized spacial score (nSPS) is 15.5. The van der Waals surface area contributed by atoms with E-state index in [-0.39, 0.29) is 0 Å². The minimum absolute atomic E-state index is 0.692. The molecule has 0 bridgehead atoms. The number of hydrogen-bond acceptors (Lipinski definition) is 1. The Balaban J connectivity index is 0.00000112. The van der Waals surface area contributed by atoms with Crippen molar-refractivity contribution >= 4 is 33.3 Å². The molecule has 154 valence electrons. The highest BCUT2D eigenvalue weighted by atomic mass is 15.1. The fourth-order valence-electron chi connectivity index (χ4n) is 5.16. The summed E-state index contributed by atoms with van der Waals surface area (Å²) < 4.78 is 0. The Kier molecular flexibility index (Phi) is 5.83. The van der Waals surface area contributed by atoms with Gasteiger partial charge in [0.25, 0.3) is 0 Å². The molecule has 0 atom stereocenters. The molecule has 1 heteroatoms. The molecule has 1 nitrogen and oxygen atoms in total. The van der Waals surface area contributed by atoms with Gasteiger partial charge in [0.2, 0.25) is 0 Å². The van der Waals surface area contributed by atoms with Crippen molar-refractivity contribution in [1.29, 1.82) is 0 Å². The molecule has 2 aliphatic rings. The van der Waals surface area contributed by atoms with Gasteiger partial charge in [-0.15, -0.1) is 12.8 Å². The molecule has 0 spiro atoms. The third-order valence-corrected chi connectivity index (χ3v) is 6.71. The van der Waals surface area contributed by atoms with Crippen LogP contribution in [-0.2, 0) is 0 Å². The van der Waals surface area contributed by atoms with Crippen molar-refractivity contribution < 1.29 is 0 Å². The molecule has 1 aliphatic heterocycles. The van der Waals surface area contributed by atoms with Crippen LogP contribution in [0.1, 0.15) is 48.3 Å². The first-order valence-corrected chi connectivity index (χ1v) is 10.9. The summed E-state index contributed by atoms with van der Waals surface area (Å²) in [4.78, 5) is 2.33. The van der Waals surface area contributed by atoms with Crippen LogP contribution < -0.4 is 4.90 Å². The van der Waals surface area contributed by atoms with Gasteiger partial charge >= 0.3 is 0 Å². The highest BCUT2D eigenvalue weighted by Gasteiger charge is 2.25. The van der Waals surface area contributed by atoms with Gasteiger partial charge in [0, 0.05) is 29.5 Å². The van der Waals surface area contributed by atoms with E-state index in [1.807, 2.05) is 12.2 Å². The summed E-state index contributed by atoms with van der Waals surface area (Å²) in [5, 5.41) is 2.51. The van der Waals surface area contributed by atoms with Gasteiger partial charge in [0.1, 0.15) is 0 Å². The SMILES string of the molecule is C#C.C=CC1=C(C=C)c2cc3ccccc3cc2N(C)c2ccc(C3CCCC3)cc21. The Bertz CT molecular complexity index is 1200. The van der Waals surface area contributed by atoms with Gasteiger partial charge in [-0.25, -0.2) is 0 Å². The van der Waals surface area contributed by atoms with Crippen LogP contribution in [0.25, 0.3) is 21.9 Å². The summed E-state index contributed by atoms with van der Waals surface area (Å²) in [5.41, 5.74) is 8.73. The molecule has 3 aromatic carbocycles. The number of fused-ring (bicyclic) bond motifs is 3. The van der Waals surface area contributed by atoms with Crippen LogP contribution in [-0.4, -0.2) is 7.05 Å². The van der Waals surface area contributed by atoms with Gasteiger partial charge < -0.3 is 4.90 Å². The number of nitrogens with zero attached hydrogens (tertiary/aromatic N) is 1. The molecule has 1 aliphatic carbocycles. The van der Waals surface area contributed by atoms with Crippen LogP contribution in [0.15, 0.2) is 79.9 Å². The van der Waals surface area contributed by atoms with Gasteiger partial charge in [-0.2, -0.15) is 0 Å². The molecule has 0 saturated heterocycles. The number of allylic oxidation sites excluding steroid dienone is 4. The first-order chi connectivity index (χ1) is 15.2. The predicted octanol–water partition coefficient (Wildman–Crippen LogP) is 8.11. The van der Waals surface area contributed by atoms with Crippen molar-refractivity contribution in [3.8, 4) is 12.8 Å². The minimum atomic E-state index is 0.692. The Labute approximate surface area is 186 Å². The largest absolute Gasteiger partial charge is 0.344 e. The van der Waals surface area contributed by atoms with E-state index < -0.39 is 0 Å². The van der Waals surface area contributed by atoms with E-state index in [0.717, 1.165) is 5.57 Å². The second-order valence-electron chi connectivity index (χ2n) is 8.27. The molecule has 0 amide bonds. The van der Waals surface area contributed by atoms with Crippen LogP contribution in [0, 0.1) is 12.8 Å². The Hall–Kier alpha value is -3.50. The lowest BCUT2D eigenvalue weighted by Gasteiger charge is -2.24. The van der Waals surface area contributed by atoms with Gasteiger partial charge in [0.05, 0.1) is 0 Å². The van der Waals surface area contributed by atoms with Crippen LogP contribution in [0.3, 0.4) is 0 Å².